The van der Waals surface area contributed by atoms with Crippen LogP contribution in [0.15, 0.2) is 23.0 Å². The van der Waals surface area contributed by atoms with E-state index < -0.39 is 7.11 Å². The quantitative estimate of drug-likeness (QED) is 0.514. The zero-order valence-corrected chi connectivity index (χ0v) is 16.9. The van der Waals surface area contributed by atoms with E-state index in [1.165, 1.54) is 16.2 Å². The van der Waals surface area contributed by atoms with Crippen molar-refractivity contribution in [1.82, 2.24) is 0 Å². The first-order valence-corrected chi connectivity index (χ1v) is 10.0. The van der Waals surface area contributed by atoms with Crippen molar-refractivity contribution in [3.05, 3.63) is 23.0 Å². The highest BCUT2D eigenvalue weighted by Crippen LogP contribution is 2.64. The molecule has 0 bridgehead atoms. The van der Waals surface area contributed by atoms with Crippen LogP contribution in [0.5, 0.6) is 0 Å². The van der Waals surface area contributed by atoms with Gasteiger partial charge in [-0.3, -0.25) is 0 Å². The van der Waals surface area contributed by atoms with Gasteiger partial charge in [-0.25, -0.2) is 0 Å². The van der Waals surface area contributed by atoms with E-state index in [9.17, 15) is 0 Å². The van der Waals surface area contributed by atoms with Crippen LogP contribution in [0, 0.1) is 16.2 Å². The summed E-state index contributed by atoms with van der Waals surface area (Å²) in [4.78, 5) is 0. The molecule has 21 heavy (non-hydrogen) atoms. The lowest BCUT2D eigenvalue weighted by molar-refractivity contribution is 0.443. The van der Waals surface area contributed by atoms with Crippen LogP contribution in [-0.4, -0.2) is 19.1 Å². The largest absolute Gasteiger partial charge is 0.360 e. The van der Waals surface area contributed by atoms with Gasteiger partial charge in [0.2, 0.25) is 0 Å². The molecule has 0 aromatic rings. The van der Waals surface area contributed by atoms with Crippen LogP contribution in [-0.2, 0) is 4.52 Å². The summed E-state index contributed by atoms with van der Waals surface area (Å²) in [7, 11) is 0.171. The Hall–Kier alpha value is -0.260. The summed E-state index contributed by atoms with van der Waals surface area (Å²) < 4.78 is 6.18. The molecule has 1 rings (SSSR count). The van der Waals surface area contributed by atoms with Crippen LogP contribution < -0.4 is 0 Å². The molecule has 1 unspecified atom stereocenters. The number of hydrogen-bond donors (Lipinski definition) is 0. The molecule has 1 atom stereocenters. The first kappa shape index (κ1) is 18.8. The SMILES string of the molecule is COP1(C)=C(C(C)(C)C)C=C(C(C)(C)C)C=C1C(C)(C)C. The molecule has 0 amide bonds. The molecule has 0 N–H and O–H groups in total. The Kier molecular flexibility index (Phi) is 4.86. The van der Waals surface area contributed by atoms with Gasteiger partial charge in [0.1, 0.15) is 0 Å². The van der Waals surface area contributed by atoms with E-state index in [1.54, 1.807) is 0 Å². The predicted molar refractivity (Wildman–Crippen MR) is 99.4 cm³/mol. The fourth-order valence-corrected chi connectivity index (χ4v) is 7.04. The molecule has 0 aromatic carbocycles. The molecule has 122 valence electrons. The Labute approximate surface area is 132 Å². The summed E-state index contributed by atoms with van der Waals surface area (Å²) in [5.74, 6) is 0. The monoisotopic (exact) mass is 310 g/mol. The van der Waals surface area contributed by atoms with Crippen molar-refractivity contribution < 1.29 is 4.52 Å². The Morgan fingerprint density at radius 2 is 1.24 bits per heavy atom. The average molecular weight is 310 g/mol. The van der Waals surface area contributed by atoms with Gasteiger partial charge >= 0.3 is 0 Å². The Morgan fingerprint density at radius 3 is 1.52 bits per heavy atom. The molecule has 1 aliphatic heterocycles. The number of allylic oxidation sites excluding steroid dienone is 4. The second-order valence-electron chi connectivity index (χ2n) is 9.37. The van der Waals surface area contributed by atoms with Crippen molar-refractivity contribution >= 4 is 12.4 Å². The normalized spacial score (nSPS) is 24.8. The summed E-state index contributed by atoms with van der Waals surface area (Å²) in [5, 5.41) is 2.96. The fourth-order valence-electron chi connectivity index (χ4n) is 3.06. The van der Waals surface area contributed by atoms with Crippen LogP contribution in [0.4, 0.5) is 0 Å². The van der Waals surface area contributed by atoms with Crippen molar-refractivity contribution in [2.45, 2.75) is 62.3 Å². The maximum Gasteiger partial charge on any atom is 0.0400 e. The van der Waals surface area contributed by atoms with Gasteiger partial charge in [-0.1, -0.05) is 74.5 Å². The Morgan fingerprint density at radius 1 is 0.762 bits per heavy atom. The first-order valence-electron chi connectivity index (χ1n) is 7.89. The fraction of sp³-hybridized carbons (Fsp3) is 0.737. The highest BCUT2D eigenvalue weighted by atomic mass is 31.2. The molecule has 1 heterocycles. The van der Waals surface area contributed by atoms with E-state index in [2.05, 4.69) is 81.1 Å². The van der Waals surface area contributed by atoms with Crippen LogP contribution >= 0.6 is 7.11 Å². The maximum absolute atomic E-state index is 6.18. The lowest BCUT2D eigenvalue weighted by Crippen LogP contribution is -2.27. The minimum absolute atomic E-state index is 0.125. The smallest absolute Gasteiger partial charge is 0.0400 e. The van der Waals surface area contributed by atoms with Gasteiger partial charge in [0.25, 0.3) is 0 Å². The molecule has 0 spiro atoms. The van der Waals surface area contributed by atoms with E-state index in [4.69, 9.17) is 4.52 Å². The predicted octanol–water partition coefficient (Wildman–Crippen LogP) is 6.33. The van der Waals surface area contributed by atoms with Crippen LogP contribution in [0.25, 0.3) is 0 Å². The van der Waals surface area contributed by atoms with Crippen molar-refractivity contribution in [1.29, 1.82) is 0 Å². The lowest BCUT2D eigenvalue weighted by atomic mass is 9.81. The van der Waals surface area contributed by atoms with Gasteiger partial charge in [-0.2, -0.15) is 0 Å². The van der Waals surface area contributed by atoms with Crippen molar-refractivity contribution in [3.8, 4) is 0 Å². The van der Waals surface area contributed by atoms with E-state index in [0.717, 1.165) is 0 Å². The lowest BCUT2D eigenvalue weighted by Gasteiger charge is -2.42. The zero-order chi connectivity index (χ0) is 16.9. The molecule has 0 fully saturated rings. The van der Waals surface area contributed by atoms with Gasteiger partial charge in [0, 0.05) is 14.2 Å². The molecule has 1 nitrogen and oxygen atoms in total. The number of hydrogen-bond acceptors (Lipinski definition) is 1. The topological polar surface area (TPSA) is 9.23 Å². The van der Waals surface area contributed by atoms with Gasteiger partial charge < -0.3 is 4.52 Å². The van der Waals surface area contributed by atoms with Crippen LogP contribution in [0.1, 0.15) is 62.3 Å². The van der Waals surface area contributed by atoms with Gasteiger partial charge in [-0.15, -0.1) is 0 Å². The molecule has 2 heteroatoms. The van der Waals surface area contributed by atoms with Crippen molar-refractivity contribution in [3.63, 3.8) is 0 Å². The molecule has 1 aliphatic rings. The third-order valence-corrected chi connectivity index (χ3v) is 8.44. The summed E-state index contributed by atoms with van der Waals surface area (Å²) >= 11 is 0. The molecular weight excluding hydrogens is 275 g/mol. The van der Waals surface area contributed by atoms with E-state index in [0.29, 0.717) is 0 Å². The number of rotatable bonds is 1. The van der Waals surface area contributed by atoms with Gasteiger partial charge in [-0.05, 0) is 39.1 Å². The van der Waals surface area contributed by atoms with Gasteiger partial charge in [0.05, 0.1) is 0 Å². The van der Waals surface area contributed by atoms with E-state index >= 15 is 0 Å². The highest BCUT2D eigenvalue weighted by Gasteiger charge is 2.37. The maximum atomic E-state index is 6.18. The average Bonchev–Trinajstić information content (AvgIpc) is 2.24. The minimum atomic E-state index is -1.71. The summed E-state index contributed by atoms with van der Waals surface area (Å²) in [6.45, 7) is 23.1. The summed E-state index contributed by atoms with van der Waals surface area (Å²) in [6.07, 6.45) is 4.85. The molecule has 0 aromatic heterocycles. The minimum Gasteiger partial charge on any atom is -0.360 e. The Bertz CT molecular complexity index is 523. The standard InChI is InChI=1S/C19H35OP/c1-17(2,3)14-12-15(18(4,5)6)21(11,20-10)16(13-14)19(7,8)9/h12-13H,1-11H3. The second kappa shape index (κ2) is 5.43. The third kappa shape index (κ3) is 3.74. The summed E-state index contributed by atoms with van der Waals surface area (Å²) in [6, 6.07) is 0. The highest BCUT2D eigenvalue weighted by molar-refractivity contribution is 7.75. The van der Waals surface area contributed by atoms with Crippen molar-refractivity contribution in [2.24, 2.45) is 16.2 Å². The molecular formula is C19H35OP. The van der Waals surface area contributed by atoms with Crippen LogP contribution in [0.3, 0.4) is 0 Å². The van der Waals surface area contributed by atoms with Crippen LogP contribution in [0.2, 0.25) is 0 Å². The molecule has 0 saturated carbocycles. The van der Waals surface area contributed by atoms with E-state index in [1.807, 2.05) is 7.11 Å². The van der Waals surface area contributed by atoms with Gasteiger partial charge in [0.15, 0.2) is 0 Å². The molecule has 0 saturated heterocycles. The Balaban J connectivity index is 3.83. The van der Waals surface area contributed by atoms with Crippen molar-refractivity contribution in [2.75, 3.05) is 13.8 Å². The molecule has 0 radical (unpaired) electrons. The third-order valence-electron chi connectivity index (χ3n) is 4.27. The van der Waals surface area contributed by atoms with E-state index in [-0.39, 0.29) is 16.2 Å². The summed E-state index contributed by atoms with van der Waals surface area (Å²) in [5.41, 5.74) is 1.83. The zero-order valence-electron chi connectivity index (χ0n) is 16.0. The first-order chi connectivity index (χ1) is 9.14. The second-order valence-corrected chi connectivity index (χ2v) is 12.5. The molecule has 0 aliphatic carbocycles.